The fraction of sp³-hybridized carbons (Fsp3) is 0.278. The molecule has 0 atom stereocenters. The number of rotatable bonds is 3. The molecule has 1 amide bonds. The second-order valence-corrected chi connectivity index (χ2v) is 6.36. The molecule has 2 aromatic rings. The average molecular weight is 375 g/mol. The van der Waals surface area contributed by atoms with Crippen molar-refractivity contribution < 1.29 is 9.21 Å². The van der Waals surface area contributed by atoms with Crippen LogP contribution in [0.25, 0.3) is 6.08 Å². The number of benzene rings is 1. The number of hydrogen-bond acceptors (Lipinski definition) is 3. The molecule has 5 heteroatoms. The predicted molar refractivity (Wildman–Crippen MR) is 95.4 cm³/mol. The van der Waals surface area contributed by atoms with Crippen molar-refractivity contribution in [1.29, 1.82) is 0 Å². The first-order chi connectivity index (χ1) is 11.1. The lowest BCUT2D eigenvalue weighted by Gasteiger charge is -2.36. The molecule has 0 radical (unpaired) electrons. The molecule has 1 aliphatic heterocycles. The van der Waals surface area contributed by atoms with Gasteiger partial charge in [-0.1, -0.05) is 18.2 Å². The molecule has 0 N–H and O–H groups in total. The fourth-order valence-corrected chi connectivity index (χ4v) is 3.08. The number of aryl methyl sites for hydroxylation is 1. The summed E-state index contributed by atoms with van der Waals surface area (Å²) in [6, 6.07) is 12.0. The van der Waals surface area contributed by atoms with Gasteiger partial charge in [-0.05, 0) is 52.7 Å². The molecule has 1 aromatic heterocycles. The molecule has 3 rings (SSSR count). The zero-order valence-corrected chi connectivity index (χ0v) is 14.6. The maximum Gasteiger partial charge on any atom is 0.246 e. The number of amides is 1. The molecular weight excluding hydrogens is 356 g/mol. The van der Waals surface area contributed by atoms with Crippen LogP contribution in [0.15, 0.2) is 51.6 Å². The summed E-state index contributed by atoms with van der Waals surface area (Å²) >= 11 is 3.25. The summed E-state index contributed by atoms with van der Waals surface area (Å²) in [4.78, 5) is 16.5. The summed E-state index contributed by atoms with van der Waals surface area (Å²) in [6.45, 7) is 5.31. The number of nitrogens with zero attached hydrogens (tertiary/aromatic N) is 2. The Morgan fingerprint density at radius 1 is 1.13 bits per heavy atom. The van der Waals surface area contributed by atoms with Crippen LogP contribution in [-0.4, -0.2) is 37.0 Å². The zero-order chi connectivity index (χ0) is 16.2. The van der Waals surface area contributed by atoms with Crippen molar-refractivity contribution in [3.05, 3.63) is 58.5 Å². The molecule has 0 aliphatic carbocycles. The maximum atomic E-state index is 12.3. The van der Waals surface area contributed by atoms with Gasteiger partial charge in [-0.3, -0.25) is 4.79 Å². The number of halogens is 1. The second kappa shape index (κ2) is 7.04. The van der Waals surface area contributed by atoms with E-state index in [9.17, 15) is 4.79 Å². The molecule has 0 spiro atoms. The van der Waals surface area contributed by atoms with Crippen molar-refractivity contribution >= 4 is 33.6 Å². The smallest absolute Gasteiger partial charge is 0.246 e. The van der Waals surface area contributed by atoms with Crippen LogP contribution in [0.3, 0.4) is 0 Å². The SMILES string of the molecule is Cc1ccccc1N1CCN(C(=O)/C=C/c2ccc(Br)o2)CC1. The Morgan fingerprint density at radius 2 is 1.87 bits per heavy atom. The Hall–Kier alpha value is -2.01. The van der Waals surface area contributed by atoms with E-state index >= 15 is 0 Å². The van der Waals surface area contributed by atoms with Crippen LogP contribution in [-0.2, 0) is 4.79 Å². The van der Waals surface area contributed by atoms with E-state index in [4.69, 9.17) is 4.42 Å². The summed E-state index contributed by atoms with van der Waals surface area (Å²) in [5.74, 6) is 0.700. The molecule has 0 bridgehead atoms. The molecule has 120 valence electrons. The van der Waals surface area contributed by atoms with E-state index < -0.39 is 0 Å². The minimum atomic E-state index is 0.0296. The van der Waals surface area contributed by atoms with E-state index in [1.54, 1.807) is 12.2 Å². The molecule has 1 aromatic carbocycles. The van der Waals surface area contributed by atoms with Gasteiger partial charge in [0.2, 0.25) is 5.91 Å². The first kappa shape index (κ1) is 15.9. The Bertz CT molecular complexity index is 715. The van der Waals surface area contributed by atoms with Gasteiger partial charge in [0.05, 0.1) is 0 Å². The van der Waals surface area contributed by atoms with Crippen LogP contribution < -0.4 is 4.90 Å². The van der Waals surface area contributed by atoms with E-state index in [1.165, 1.54) is 11.3 Å². The van der Waals surface area contributed by atoms with E-state index in [2.05, 4.69) is 52.0 Å². The lowest BCUT2D eigenvalue weighted by atomic mass is 10.1. The lowest BCUT2D eigenvalue weighted by Crippen LogP contribution is -2.48. The number of hydrogen-bond donors (Lipinski definition) is 0. The van der Waals surface area contributed by atoms with Gasteiger partial charge < -0.3 is 14.2 Å². The van der Waals surface area contributed by atoms with Gasteiger partial charge in [0.1, 0.15) is 5.76 Å². The second-order valence-electron chi connectivity index (χ2n) is 5.57. The van der Waals surface area contributed by atoms with Crippen LogP contribution in [0, 0.1) is 6.92 Å². The number of furan rings is 1. The standard InChI is InChI=1S/C18H19BrN2O2/c1-14-4-2-3-5-16(14)20-10-12-21(13-11-20)18(22)9-7-15-6-8-17(19)23-15/h2-9H,10-13H2,1H3/b9-7+. The highest BCUT2D eigenvalue weighted by atomic mass is 79.9. The highest BCUT2D eigenvalue weighted by Gasteiger charge is 2.20. The number of para-hydroxylation sites is 1. The third-order valence-electron chi connectivity index (χ3n) is 4.03. The molecule has 2 heterocycles. The normalized spacial score (nSPS) is 15.4. The molecule has 0 saturated carbocycles. The molecule has 1 aliphatic rings. The first-order valence-electron chi connectivity index (χ1n) is 7.66. The van der Waals surface area contributed by atoms with Gasteiger partial charge in [0, 0.05) is 37.9 Å². The van der Waals surface area contributed by atoms with Crippen molar-refractivity contribution in [2.24, 2.45) is 0 Å². The van der Waals surface area contributed by atoms with Crippen LogP contribution in [0.1, 0.15) is 11.3 Å². The summed E-state index contributed by atoms with van der Waals surface area (Å²) in [6.07, 6.45) is 3.29. The quantitative estimate of drug-likeness (QED) is 0.768. The van der Waals surface area contributed by atoms with Crippen molar-refractivity contribution in [3.8, 4) is 0 Å². The molecular formula is C18H19BrN2O2. The summed E-state index contributed by atoms with van der Waals surface area (Å²) in [7, 11) is 0. The highest BCUT2D eigenvalue weighted by molar-refractivity contribution is 9.10. The summed E-state index contributed by atoms with van der Waals surface area (Å²) < 4.78 is 6.02. The summed E-state index contributed by atoms with van der Waals surface area (Å²) in [5.41, 5.74) is 2.53. The van der Waals surface area contributed by atoms with Gasteiger partial charge in [0.25, 0.3) is 0 Å². The minimum Gasteiger partial charge on any atom is -0.450 e. The van der Waals surface area contributed by atoms with Gasteiger partial charge in [0.15, 0.2) is 4.67 Å². The monoisotopic (exact) mass is 374 g/mol. The average Bonchev–Trinajstić information content (AvgIpc) is 2.99. The minimum absolute atomic E-state index is 0.0296. The topological polar surface area (TPSA) is 36.7 Å². The van der Waals surface area contributed by atoms with Gasteiger partial charge in [-0.25, -0.2) is 0 Å². The number of carbonyl (C=O) groups is 1. The highest BCUT2D eigenvalue weighted by Crippen LogP contribution is 2.21. The molecule has 1 saturated heterocycles. The zero-order valence-electron chi connectivity index (χ0n) is 13.0. The third kappa shape index (κ3) is 3.85. The van der Waals surface area contributed by atoms with Crippen molar-refractivity contribution in [1.82, 2.24) is 4.90 Å². The van der Waals surface area contributed by atoms with Crippen molar-refractivity contribution in [2.45, 2.75) is 6.92 Å². The Labute approximate surface area is 144 Å². The molecule has 1 fully saturated rings. The van der Waals surface area contributed by atoms with E-state index in [1.807, 2.05) is 17.0 Å². The molecule has 4 nitrogen and oxygen atoms in total. The van der Waals surface area contributed by atoms with Crippen molar-refractivity contribution in [2.75, 3.05) is 31.1 Å². The van der Waals surface area contributed by atoms with E-state index in [0.29, 0.717) is 10.4 Å². The van der Waals surface area contributed by atoms with Crippen LogP contribution in [0.5, 0.6) is 0 Å². The van der Waals surface area contributed by atoms with E-state index in [-0.39, 0.29) is 5.91 Å². The van der Waals surface area contributed by atoms with E-state index in [0.717, 1.165) is 26.2 Å². The Balaban J connectivity index is 1.57. The number of piperazine rings is 1. The number of carbonyl (C=O) groups excluding carboxylic acids is 1. The largest absolute Gasteiger partial charge is 0.450 e. The Morgan fingerprint density at radius 3 is 2.52 bits per heavy atom. The van der Waals surface area contributed by atoms with Gasteiger partial charge in [-0.15, -0.1) is 0 Å². The fourth-order valence-electron chi connectivity index (χ4n) is 2.76. The first-order valence-corrected chi connectivity index (χ1v) is 8.46. The lowest BCUT2D eigenvalue weighted by molar-refractivity contribution is -0.126. The molecule has 23 heavy (non-hydrogen) atoms. The summed E-state index contributed by atoms with van der Waals surface area (Å²) in [5, 5.41) is 0. The van der Waals surface area contributed by atoms with Gasteiger partial charge in [-0.2, -0.15) is 0 Å². The molecule has 0 unspecified atom stereocenters. The van der Waals surface area contributed by atoms with Crippen molar-refractivity contribution in [3.63, 3.8) is 0 Å². The van der Waals surface area contributed by atoms with Gasteiger partial charge >= 0.3 is 0 Å². The van der Waals surface area contributed by atoms with Crippen LogP contribution in [0.4, 0.5) is 5.69 Å². The predicted octanol–water partition coefficient (Wildman–Crippen LogP) is 3.71. The maximum absolute atomic E-state index is 12.3. The van der Waals surface area contributed by atoms with Crippen LogP contribution >= 0.6 is 15.9 Å². The third-order valence-corrected chi connectivity index (χ3v) is 4.46. The van der Waals surface area contributed by atoms with Crippen LogP contribution in [0.2, 0.25) is 0 Å². The Kier molecular flexibility index (Phi) is 4.86. The number of anilines is 1.